The van der Waals surface area contributed by atoms with Crippen LogP contribution in [0.2, 0.25) is 0 Å². The van der Waals surface area contributed by atoms with Gasteiger partial charge in [-0.1, -0.05) is 60.7 Å². The Morgan fingerprint density at radius 2 is 1.73 bits per heavy atom. The second-order valence-corrected chi connectivity index (χ2v) is 8.12. The van der Waals surface area contributed by atoms with Crippen LogP contribution in [0.5, 0.6) is 0 Å². The molecule has 8 heteroatoms. The fraction of sp³-hybridized carbons (Fsp3) is 0.240. The molecule has 4 rings (SSSR count). The summed E-state index contributed by atoms with van der Waals surface area (Å²) in [5.41, 5.74) is 3.09. The lowest BCUT2D eigenvalue weighted by atomic mass is 10.2. The van der Waals surface area contributed by atoms with Gasteiger partial charge in [0.2, 0.25) is 0 Å². The fourth-order valence-electron chi connectivity index (χ4n) is 3.69. The lowest BCUT2D eigenvalue weighted by Gasteiger charge is -2.20. The molecule has 0 aliphatic carbocycles. The van der Waals surface area contributed by atoms with Crippen molar-refractivity contribution in [1.29, 1.82) is 0 Å². The van der Waals surface area contributed by atoms with Gasteiger partial charge >= 0.3 is 5.97 Å². The van der Waals surface area contributed by atoms with Gasteiger partial charge in [-0.2, -0.15) is 5.10 Å². The van der Waals surface area contributed by atoms with Crippen molar-refractivity contribution in [3.63, 3.8) is 0 Å². The van der Waals surface area contributed by atoms with E-state index in [1.165, 1.54) is 7.11 Å². The van der Waals surface area contributed by atoms with E-state index in [9.17, 15) is 4.79 Å². The predicted molar refractivity (Wildman–Crippen MR) is 128 cm³/mol. The zero-order valence-electron chi connectivity index (χ0n) is 18.7. The lowest BCUT2D eigenvalue weighted by molar-refractivity contribution is -0.142. The quantitative estimate of drug-likeness (QED) is 0.266. The van der Waals surface area contributed by atoms with Crippen molar-refractivity contribution in [3.05, 3.63) is 94.7 Å². The average molecular weight is 463 g/mol. The molecule has 0 bridgehead atoms. The molecule has 2 aromatic carbocycles. The Bertz CT molecular complexity index is 1260. The first-order chi connectivity index (χ1) is 16.0. The molecule has 4 aromatic rings. The van der Waals surface area contributed by atoms with E-state index in [1.54, 1.807) is 10.9 Å². The van der Waals surface area contributed by atoms with Gasteiger partial charge < -0.3 is 9.15 Å². The molecule has 0 saturated carbocycles. The van der Waals surface area contributed by atoms with E-state index in [1.807, 2.05) is 71.0 Å². The van der Waals surface area contributed by atoms with Crippen LogP contribution in [0.25, 0.3) is 11.4 Å². The Hall–Kier alpha value is -3.49. The number of carbonyl (C=O) groups excluding carboxylic acids is 1. The zero-order valence-corrected chi connectivity index (χ0v) is 19.5. The first-order valence-corrected chi connectivity index (χ1v) is 11.0. The van der Waals surface area contributed by atoms with Gasteiger partial charge in [0.1, 0.15) is 5.76 Å². The van der Waals surface area contributed by atoms with Crippen LogP contribution in [0.4, 0.5) is 0 Å². The lowest BCUT2D eigenvalue weighted by Crippen LogP contribution is -2.32. The van der Waals surface area contributed by atoms with Crippen LogP contribution in [0, 0.1) is 11.7 Å². The van der Waals surface area contributed by atoms with Gasteiger partial charge in [0.15, 0.2) is 10.6 Å². The minimum Gasteiger partial charge on any atom is -0.469 e. The summed E-state index contributed by atoms with van der Waals surface area (Å²) < 4.78 is 14.8. The van der Waals surface area contributed by atoms with Crippen LogP contribution in [-0.4, -0.2) is 38.9 Å². The molecule has 0 aliphatic heterocycles. The number of hydrogen-bond donors (Lipinski definition) is 0. The normalized spacial score (nSPS) is 11.1. The highest BCUT2D eigenvalue weighted by Gasteiger charge is 2.19. The number of aryl methyl sites for hydroxylation is 1. The summed E-state index contributed by atoms with van der Waals surface area (Å²) in [6, 6.07) is 22.0. The summed E-state index contributed by atoms with van der Waals surface area (Å²) in [6.45, 7) is 3.51. The van der Waals surface area contributed by atoms with Gasteiger partial charge in [-0.05, 0) is 36.3 Å². The Labute approximate surface area is 197 Å². The predicted octanol–water partition coefficient (Wildman–Crippen LogP) is 4.66. The largest absolute Gasteiger partial charge is 0.469 e. The number of esters is 1. The topological polar surface area (TPSA) is 65.4 Å². The SMILES string of the molecule is COC(=O)CN(Cc1ccccc1)Cn1nc(-c2ccoc2C)n(Cc2ccccc2)c1=S. The summed E-state index contributed by atoms with van der Waals surface area (Å²) in [5.74, 6) is 1.19. The van der Waals surface area contributed by atoms with Gasteiger partial charge in [-0.3, -0.25) is 14.3 Å². The van der Waals surface area contributed by atoms with Crippen LogP contribution in [0.3, 0.4) is 0 Å². The summed E-state index contributed by atoms with van der Waals surface area (Å²) >= 11 is 5.84. The number of benzene rings is 2. The third-order valence-corrected chi connectivity index (χ3v) is 5.80. The second kappa shape index (κ2) is 10.4. The first-order valence-electron chi connectivity index (χ1n) is 10.6. The molecular formula is C25H26N4O3S. The van der Waals surface area contributed by atoms with Crippen molar-refractivity contribution < 1.29 is 13.9 Å². The van der Waals surface area contributed by atoms with Crippen molar-refractivity contribution >= 4 is 18.2 Å². The summed E-state index contributed by atoms with van der Waals surface area (Å²) in [6.07, 6.45) is 1.65. The third kappa shape index (κ3) is 5.47. The molecule has 0 N–H and O–H groups in total. The highest BCUT2D eigenvalue weighted by atomic mass is 32.1. The molecule has 0 unspecified atom stereocenters. The molecule has 0 aliphatic rings. The van der Waals surface area contributed by atoms with Crippen LogP contribution in [0.15, 0.2) is 77.4 Å². The maximum Gasteiger partial charge on any atom is 0.319 e. The maximum atomic E-state index is 12.1. The molecule has 2 heterocycles. The van der Waals surface area contributed by atoms with Crippen molar-refractivity contribution in [1.82, 2.24) is 19.2 Å². The van der Waals surface area contributed by atoms with Gasteiger partial charge in [-0.15, -0.1) is 0 Å². The molecule has 0 spiro atoms. The minimum atomic E-state index is -0.313. The van der Waals surface area contributed by atoms with Crippen molar-refractivity contribution in [2.75, 3.05) is 13.7 Å². The highest BCUT2D eigenvalue weighted by molar-refractivity contribution is 7.71. The smallest absolute Gasteiger partial charge is 0.319 e. The van der Waals surface area contributed by atoms with Crippen molar-refractivity contribution in [2.24, 2.45) is 0 Å². The molecule has 0 radical (unpaired) electrons. The molecule has 0 saturated heterocycles. The number of methoxy groups -OCH3 is 1. The van der Waals surface area contributed by atoms with E-state index in [0.29, 0.717) is 24.5 Å². The third-order valence-electron chi connectivity index (χ3n) is 5.37. The Morgan fingerprint density at radius 3 is 2.33 bits per heavy atom. The van der Waals surface area contributed by atoms with E-state index in [4.69, 9.17) is 26.5 Å². The Kier molecular flexibility index (Phi) is 7.16. The first kappa shape index (κ1) is 22.7. The van der Waals surface area contributed by atoms with Crippen molar-refractivity contribution in [3.8, 4) is 11.4 Å². The monoisotopic (exact) mass is 462 g/mol. The van der Waals surface area contributed by atoms with E-state index in [-0.39, 0.29) is 12.5 Å². The number of rotatable bonds is 9. The number of nitrogens with zero attached hydrogens (tertiary/aromatic N) is 4. The standard InChI is InChI=1S/C25H26N4O3S/c1-19-22(13-14-32-19)24-26-29(25(33)28(24)16-21-11-7-4-8-12-21)18-27(17-23(30)31-2)15-20-9-5-3-6-10-20/h3-14H,15-18H2,1-2H3. The Morgan fingerprint density at radius 1 is 1.06 bits per heavy atom. The van der Waals surface area contributed by atoms with Gasteiger partial charge in [-0.25, -0.2) is 4.68 Å². The molecule has 0 fully saturated rings. The van der Waals surface area contributed by atoms with E-state index in [2.05, 4.69) is 12.1 Å². The molecule has 0 atom stereocenters. The van der Waals surface area contributed by atoms with E-state index < -0.39 is 0 Å². The van der Waals surface area contributed by atoms with Crippen LogP contribution < -0.4 is 0 Å². The summed E-state index contributed by atoms with van der Waals surface area (Å²) in [5, 5.41) is 4.85. The summed E-state index contributed by atoms with van der Waals surface area (Å²) in [7, 11) is 1.39. The second-order valence-electron chi connectivity index (χ2n) is 7.76. The number of ether oxygens (including phenoxy) is 1. The molecule has 33 heavy (non-hydrogen) atoms. The fourth-order valence-corrected chi connectivity index (χ4v) is 3.94. The molecule has 170 valence electrons. The van der Waals surface area contributed by atoms with Gasteiger partial charge in [0.05, 0.1) is 38.7 Å². The number of hydrogen-bond acceptors (Lipinski definition) is 6. The highest BCUT2D eigenvalue weighted by Crippen LogP contribution is 2.24. The molecule has 0 amide bonds. The number of carbonyl (C=O) groups is 1. The van der Waals surface area contributed by atoms with Crippen molar-refractivity contribution in [2.45, 2.75) is 26.7 Å². The van der Waals surface area contributed by atoms with Gasteiger partial charge in [0.25, 0.3) is 0 Å². The number of furan rings is 1. The number of aromatic nitrogens is 3. The van der Waals surface area contributed by atoms with Crippen LogP contribution in [-0.2, 0) is 29.3 Å². The van der Waals surface area contributed by atoms with Gasteiger partial charge in [0, 0.05) is 6.54 Å². The molecule has 7 nitrogen and oxygen atoms in total. The summed E-state index contributed by atoms with van der Waals surface area (Å²) in [4.78, 5) is 14.1. The van der Waals surface area contributed by atoms with E-state index in [0.717, 1.165) is 28.3 Å². The zero-order chi connectivity index (χ0) is 23.2. The Balaban J connectivity index is 1.70. The minimum absolute atomic E-state index is 0.124. The van der Waals surface area contributed by atoms with Crippen LogP contribution >= 0.6 is 12.2 Å². The molecular weight excluding hydrogens is 436 g/mol. The molecule has 2 aromatic heterocycles. The van der Waals surface area contributed by atoms with E-state index >= 15 is 0 Å². The maximum absolute atomic E-state index is 12.1. The van der Waals surface area contributed by atoms with Crippen LogP contribution in [0.1, 0.15) is 16.9 Å². The average Bonchev–Trinajstić information content (AvgIpc) is 3.38.